The minimum absolute atomic E-state index is 0.231. The highest BCUT2D eigenvalue weighted by molar-refractivity contribution is 6.02. The van der Waals surface area contributed by atoms with E-state index < -0.39 is 0 Å². The fraction of sp³-hybridized carbons (Fsp3) is 0.500. The van der Waals surface area contributed by atoms with Gasteiger partial charge in [0.2, 0.25) is 0 Å². The molecule has 0 radical (unpaired) electrons. The number of likely N-dealkylation sites (N-methyl/N-ethyl adjacent to an activating group) is 1. The highest BCUT2D eigenvalue weighted by Crippen LogP contribution is 2.22. The van der Waals surface area contributed by atoms with Gasteiger partial charge >= 0.3 is 0 Å². The average Bonchev–Trinajstić information content (AvgIpc) is 2.80. The fourth-order valence-electron chi connectivity index (χ4n) is 4.01. The summed E-state index contributed by atoms with van der Waals surface area (Å²) in [6, 6.07) is 11.7. The Morgan fingerprint density at radius 3 is 2.21 bits per heavy atom. The Kier molecular flexibility index (Phi) is 6.24. The topological polar surface area (TPSA) is 64.6 Å². The van der Waals surface area contributed by atoms with Crippen molar-refractivity contribution in [2.75, 3.05) is 60.9 Å². The van der Waals surface area contributed by atoms with Crippen LogP contribution in [0.5, 0.6) is 0 Å². The number of benzene rings is 1. The maximum Gasteiger partial charge on any atom is 0.276 e. The summed E-state index contributed by atoms with van der Waals surface area (Å²) in [5.41, 5.74) is 2.33. The van der Waals surface area contributed by atoms with Gasteiger partial charge in [-0.3, -0.25) is 4.79 Å². The van der Waals surface area contributed by atoms with E-state index >= 15 is 0 Å². The van der Waals surface area contributed by atoms with Gasteiger partial charge in [-0.1, -0.05) is 6.92 Å². The number of carbonyl (C=O) groups is 1. The minimum atomic E-state index is -0.231. The Labute approximate surface area is 172 Å². The summed E-state index contributed by atoms with van der Waals surface area (Å²) < 4.78 is 0. The van der Waals surface area contributed by atoms with Gasteiger partial charge < -0.3 is 20.0 Å². The molecule has 0 aliphatic carbocycles. The fourth-order valence-corrected chi connectivity index (χ4v) is 4.01. The van der Waals surface area contributed by atoms with Crippen molar-refractivity contribution >= 4 is 23.1 Å². The molecule has 0 saturated carbocycles. The van der Waals surface area contributed by atoms with Crippen LogP contribution in [0.25, 0.3) is 0 Å². The van der Waals surface area contributed by atoms with Gasteiger partial charge in [-0.05, 0) is 62.2 Å². The molecule has 2 aliphatic rings. The van der Waals surface area contributed by atoms with E-state index in [0.717, 1.165) is 57.3 Å². The molecule has 2 aromatic rings. The molecule has 3 heterocycles. The standard InChI is InChI=1S/C22H30N6O/c1-2-26-14-16-28(17-15-26)21-11-10-20(24-25-21)22(29)23-18-6-8-19(9-7-18)27-12-4-3-5-13-27/h6-11H,2-5,12-17H2,1H3,(H,23,29). The summed E-state index contributed by atoms with van der Waals surface area (Å²) in [7, 11) is 0. The first-order chi connectivity index (χ1) is 14.2. The van der Waals surface area contributed by atoms with Crippen molar-refractivity contribution in [3.05, 3.63) is 42.1 Å². The van der Waals surface area contributed by atoms with E-state index in [1.54, 1.807) is 6.07 Å². The Balaban J connectivity index is 1.33. The molecule has 0 unspecified atom stereocenters. The van der Waals surface area contributed by atoms with Crippen LogP contribution >= 0.6 is 0 Å². The summed E-state index contributed by atoms with van der Waals surface area (Å²) in [6.45, 7) is 9.44. The molecular formula is C22H30N6O. The van der Waals surface area contributed by atoms with Gasteiger partial charge in [0.05, 0.1) is 0 Å². The normalized spacial score (nSPS) is 18.0. The predicted octanol–water partition coefficient (Wildman–Crippen LogP) is 2.86. The van der Waals surface area contributed by atoms with E-state index in [4.69, 9.17) is 0 Å². The first-order valence-corrected chi connectivity index (χ1v) is 10.7. The molecule has 29 heavy (non-hydrogen) atoms. The number of amides is 1. The second-order valence-corrected chi connectivity index (χ2v) is 7.75. The van der Waals surface area contributed by atoms with Gasteiger partial charge in [0, 0.05) is 50.6 Å². The van der Waals surface area contributed by atoms with Crippen LogP contribution < -0.4 is 15.1 Å². The van der Waals surface area contributed by atoms with Crippen LogP contribution in [0.4, 0.5) is 17.2 Å². The van der Waals surface area contributed by atoms with Crippen molar-refractivity contribution in [3.63, 3.8) is 0 Å². The van der Waals surface area contributed by atoms with Crippen molar-refractivity contribution < 1.29 is 4.79 Å². The van der Waals surface area contributed by atoms with Crippen LogP contribution in [0.15, 0.2) is 36.4 Å². The summed E-state index contributed by atoms with van der Waals surface area (Å²) in [5, 5.41) is 11.4. The Hall–Kier alpha value is -2.67. The number of aromatic nitrogens is 2. The van der Waals surface area contributed by atoms with Crippen molar-refractivity contribution in [3.8, 4) is 0 Å². The molecule has 1 aromatic heterocycles. The smallest absolute Gasteiger partial charge is 0.276 e. The number of hydrogen-bond donors (Lipinski definition) is 1. The quantitative estimate of drug-likeness (QED) is 0.841. The number of nitrogens with zero attached hydrogens (tertiary/aromatic N) is 5. The molecule has 7 heteroatoms. The maximum atomic E-state index is 12.5. The molecule has 154 valence electrons. The van der Waals surface area contributed by atoms with Gasteiger partial charge in [0.25, 0.3) is 5.91 Å². The summed E-state index contributed by atoms with van der Waals surface area (Å²) in [4.78, 5) is 19.6. The predicted molar refractivity (Wildman–Crippen MR) is 117 cm³/mol. The Bertz CT molecular complexity index is 793. The SMILES string of the molecule is CCN1CCN(c2ccc(C(=O)Nc3ccc(N4CCCCC4)cc3)nn2)CC1. The van der Waals surface area contributed by atoms with Crippen LogP contribution in [-0.4, -0.2) is 66.8 Å². The molecule has 0 bridgehead atoms. The number of rotatable bonds is 5. The zero-order valence-electron chi connectivity index (χ0n) is 17.2. The van der Waals surface area contributed by atoms with Gasteiger partial charge in [-0.2, -0.15) is 0 Å². The summed E-state index contributed by atoms with van der Waals surface area (Å²) in [6.07, 6.45) is 3.82. The molecule has 2 saturated heterocycles. The van der Waals surface area contributed by atoms with Gasteiger partial charge in [-0.25, -0.2) is 0 Å². The third-order valence-corrected chi connectivity index (χ3v) is 5.87. The molecule has 0 atom stereocenters. The molecule has 2 aliphatic heterocycles. The number of carbonyl (C=O) groups excluding carboxylic acids is 1. The van der Waals surface area contributed by atoms with Crippen LogP contribution in [0.2, 0.25) is 0 Å². The van der Waals surface area contributed by atoms with E-state index in [2.05, 4.69) is 49.3 Å². The van der Waals surface area contributed by atoms with Gasteiger partial charge in [0.1, 0.15) is 0 Å². The minimum Gasteiger partial charge on any atom is -0.372 e. The van der Waals surface area contributed by atoms with Gasteiger partial charge in [-0.15, -0.1) is 10.2 Å². The zero-order chi connectivity index (χ0) is 20.1. The van der Waals surface area contributed by atoms with E-state index in [-0.39, 0.29) is 5.91 Å². The first kappa shape index (κ1) is 19.6. The average molecular weight is 395 g/mol. The maximum absolute atomic E-state index is 12.5. The Morgan fingerprint density at radius 2 is 1.59 bits per heavy atom. The summed E-state index contributed by atoms with van der Waals surface area (Å²) >= 11 is 0. The molecule has 1 aromatic carbocycles. The molecule has 1 amide bonds. The number of hydrogen-bond acceptors (Lipinski definition) is 6. The molecule has 0 spiro atoms. The molecular weight excluding hydrogens is 364 g/mol. The van der Waals surface area contributed by atoms with Crippen LogP contribution in [0.3, 0.4) is 0 Å². The summed E-state index contributed by atoms with van der Waals surface area (Å²) in [5.74, 6) is 0.605. The lowest BCUT2D eigenvalue weighted by Crippen LogP contribution is -2.46. The number of piperazine rings is 1. The third kappa shape index (κ3) is 4.85. The second kappa shape index (κ2) is 9.22. The van der Waals surface area contributed by atoms with Gasteiger partial charge in [0.15, 0.2) is 11.5 Å². The van der Waals surface area contributed by atoms with Crippen molar-refractivity contribution in [2.24, 2.45) is 0 Å². The van der Waals surface area contributed by atoms with E-state index in [1.807, 2.05) is 18.2 Å². The Morgan fingerprint density at radius 1 is 0.862 bits per heavy atom. The van der Waals surface area contributed by atoms with Crippen molar-refractivity contribution in [1.29, 1.82) is 0 Å². The third-order valence-electron chi connectivity index (χ3n) is 5.87. The monoisotopic (exact) mass is 394 g/mol. The van der Waals surface area contributed by atoms with E-state index in [9.17, 15) is 4.79 Å². The number of anilines is 3. The molecule has 1 N–H and O–H groups in total. The number of piperidine rings is 1. The molecule has 2 fully saturated rings. The number of nitrogens with one attached hydrogen (secondary N) is 1. The second-order valence-electron chi connectivity index (χ2n) is 7.75. The zero-order valence-corrected chi connectivity index (χ0v) is 17.2. The van der Waals surface area contributed by atoms with E-state index in [0.29, 0.717) is 5.69 Å². The lowest BCUT2D eigenvalue weighted by molar-refractivity contribution is 0.102. The van der Waals surface area contributed by atoms with Crippen LogP contribution in [-0.2, 0) is 0 Å². The molecule has 4 rings (SSSR count). The van der Waals surface area contributed by atoms with E-state index in [1.165, 1.54) is 24.9 Å². The van der Waals surface area contributed by atoms with Crippen LogP contribution in [0, 0.1) is 0 Å². The lowest BCUT2D eigenvalue weighted by Gasteiger charge is -2.34. The van der Waals surface area contributed by atoms with Crippen molar-refractivity contribution in [1.82, 2.24) is 15.1 Å². The van der Waals surface area contributed by atoms with Crippen molar-refractivity contribution in [2.45, 2.75) is 26.2 Å². The lowest BCUT2D eigenvalue weighted by atomic mass is 10.1. The highest BCUT2D eigenvalue weighted by atomic mass is 16.1. The largest absolute Gasteiger partial charge is 0.372 e. The van der Waals surface area contributed by atoms with Crippen LogP contribution in [0.1, 0.15) is 36.7 Å². The molecule has 7 nitrogen and oxygen atoms in total. The highest BCUT2D eigenvalue weighted by Gasteiger charge is 2.18. The first-order valence-electron chi connectivity index (χ1n) is 10.7.